The highest BCUT2D eigenvalue weighted by molar-refractivity contribution is 5.80. The number of carbonyl (C=O) groups is 2. The van der Waals surface area contributed by atoms with Crippen LogP contribution in [0, 0.1) is 11.6 Å². The van der Waals surface area contributed by atoms with Crippen molar-refractivity contribution in [1.29, 1.82) is 0 Å². The minimum atomic E-state index is -0.406. The molecule has 1 fully saturated rings. The van der Waals surface area contributed by atoms with Gasteiger partial charge in [-0.05, 0) is 36.1 Å². The lowest BCUT2D eigenvalue weighted by Gasteiger charge is -2.33. The molecule has 0 heterocycles. The van der Waals surface area contributed by atoms with Crippen LogP contribution in [0.1, 0.15) is 36.8 Å². The van der Waals surface area contributed by atoms with E-state index in [2.05, 4.69) is 10.6 Å². The van der Waals surface area contributed by atoms with Crippen LogP contribution < -0.4 is 10.6 Å². The van der Waals surface area contributed by atoms with Crippen molar-refractivity contribution in [2.45, 2.75) is 50.6 Å². The SMILES string of the molecule is O=C(Cc1ccccc1F)N[C@H]1CCCC[C@H]1NC(=O)Cc1ccccc1F. The first kappa shape index (κ1) is 20.0. The van der Waals surface area contributed by atoms with Crippen LogP contribution in [-0.4, -0.2) is 23.9 Å². The van der Waals surface area contributed by atoms with Crippen molar-refractivity contribution in [2.24, 2.45) is 0 Å². The van der Waals surface area contributed by atoms with Crippen LogP contribution in [0.3, 0.4) is 0 Å². The van der Waals surface area contributed by atoms with Crippen LogP contribution in [0.5, 0.6) is 0 Å². The lowest BCUT2D eigenvalue weighted by Crippen LogP contribution is -2.53. The van der Waals surface area contributed by atoms with Gasteiger partial charge in [-0.2, -0.15) is 0 Å². The number of hydrogen-bond acceptors (Lipinski definition) is 2. The van der Waals surface area contributed by atoms with E-state index in [0.717, 1.165) is 25.7 Å². The van der Waals surface area contributed by atoms with Gasteiger partial charge < -0.3 is 10.6 Å². The number of nitrogens with one attached hydrogen (secondary N) is 2. The summed E-state index contributed by atoms with van der Waals surface area (Å²) >= 11 is 0. The van der Waals surface area contributed by atoms with Crippen molar-refractivity contribution in [2.75, 3.05) is 0 Å². The summed E-state index contributed by atoms with van der Waals surface area (Å²) in [5.74, 6) is -1.36. The summed E-state index contributed by atoms with van der Waals surface area (Å²) in [5, 5.41) is 5.86. The molecule has 0 saturated heterocycles. The fourth-order valence-electron chi connectivity index (χ4n) is 3.62. The summed E-state index contributed by atoms with van der Waals surface area (Å²) in [6, 6.07) is 12.0. The topological polar surface area (TPSA) is 58.2 Å². The summed E-state index contributed by atoms with van der Waals surface area (Å²) in [6.45, 7) is 0. The lowest BCUT2D eigenvalue weighted by atomic mass is 9.89. The number of amides is 2. The third-order valence-corrected chi connectivity index (χ3v) is 5.08. The van der Waals surface area contributed by atoms with E-state index >= 15 is 0 Å². The third-order valence-electron chi connectivity index (χ3n) is 5.08. The van der Waals surface area contributed by atoms with Gasteiger partial charge in [0.2, 0.25) is 11.8 Å². The first-order valence-electron chi connectivity index (χ1n) is 9.58. The molecule has 3 rings (SSSR count). The summed E-state index contributed by atoms with van der Waals surface area (Å²) in [7, 11) is 0. The van der Waals surface area contributed by atoms with Crippen molar-refractivity contribution in [1.82, 2.24) is 10.6 Å². The van der Waals surface area contributed by atoms with Gasteiger partial charge in [0.25, 0.3) is 0 Å². The minimum absolute atomic E-state index is 0.0426. The van der Waals surface area contributed by atoms with Gasteiger partial charge in [-0.3, -0.25) is 9.59 Å². The van der Waals surface area contributed by atoms with E-state index in [1.165, 1.54) is 12.1 Å². The monoisotopic (exact) mass is 386 g/mol. The molecule has 2 atom stereocenters. The van der Waals surface area contributed by atoms with E-state index in [9.17, 15) is 18.4 Å². The van der Waals surface area contributed by atoms with Gasteiger partial charge in [-0.15, -0.1) is 0 Å². The van der Waals surface area contributed by atoms with Gasteiger partial charge in [0.15, 0.2) is 0 Å². The quantitative estimate of drug-likeness (QED) is 0.800. The Bertz CT molecular complexity index is 771. The molecule has 0 spiro atoms. The second kappa shape index (κ2) is 9.44. The second-order valence-corrected chi connectivity index (χ2v) is 7.17. The molecule has 0 unspecified atom stereocenters. The Hall–Kier alpha value is -2.76. The lowest BCUT2D eigenvalue weighted by molar-refractivity contribution is -0.124. The van der Waals surface area contributed by atoms with Crippen LogP contribution in [0.2, 0.25) is 0 Å². The van der Waals surface area contributed by atoms with Crippen molar-refractivity contribution >= 4 is 11.8 Å². The fourth-order valence-corrected chi connectivity index (χ4v) is 3.62. The Morgan fingerprint density at radius 1 is 0.750 bits per heavy atom. The van der Waals surface area contributed by atoms with Crippen LogP contribution in [0.25, 0.3) is 0 Å². The standard InChI is InChI=1S/C22H24F2N2O2/c23-17-9-3-1-7-15(17)13-21(27)25-19-11-5-6-12-20(19)26-22(28)14-16-8-2-4-10-18(16)24/h1-4,7-10,19-20H,5-6,11-14H2,(H,25,27)(H,26,28)/t19-,20+. The van der Waals surface area contributed by atoms with Gasteiger partial charge in [0.1, 0.15) is 11.6 Å². The molecule has 0 bridgehead atoms. The molecule has 1 aliphatic rings. The van der Waals surface area contributed by atoms with Gasteiger partial charge in [-0.25, -0.2) is 8.78 Å². The Balaban J connectivity index is 1.57. The number of halogens is 2. The zero-order valence-electron chi connectivity index (χ0n) is 15.6. The normalized spacial score (nSPS) is 19.1. The molecule has 2 aromatic carbocycles. The highest BCUT2D eigenvalue weighted by atomic mass is 19.1. The molecule has 2 aromatic rings. The highest BCUT2D eigenvalue weighted by Crippen LogP contribution is 2.19. The zero-order valence-corrected chi connectivity index (χ0v) is 15.6. The van der Waals surface area contributed by atoms with Crippen LogP contribution in [-0.2, 0) is 22.4 Å². The van der Waals surface area contributed by atoms with E-state index in [1.807, 2.05) is 0 Å². The predicted octanol–water partition coefficient (Wildman–Crippen LogP) is 3.29. The van der Waals surface area contributed by atoms with Crippen LogP contribution in [0.4, 0.5) is 8.78 Å². The second-order valence-electron chi connectivity index (χ2n) is 7.17. The van der Waals surface area contributed by atoms with E-state index in [1.54, 1.807) is 36.4 Å². The molecule has 0 aliphatic heterocycles. The van der Waals surface area contributed by atoms with Crippen LogP contribution in [0.15, 0.2) is 48.5 Å². The van der Waals surface area contributed by atoms with Gasteiger partial charge in [-0.1, -0.05) is 49.2 Å². The Morgan fingerprint density at radius 3 is 1.54 bits per heavy atom. The largest absolute Gasteiger partial charge is 0.351 e. The first-order chi connectivity index (χ1) is 13.5. The van der Waals surface area contributed by atoms with Crippen molar-refractivity contribution in [3.63, 3.8) is 0 Å². The number of rotatable bonds is 6. The van der Waals surface area contributed by atoms with Crippen molar-refractivity contribution in [3.8, 4) is 0 Å². The molecule has 2 amide bonds. The summed E-state index contributed by atoms with van der Waals surface area (Å²) in [6.07, 6.45) is 3.30. The molecular formula is C22H24F2N2O2. The average molecular weight is 386 g/mol. The first-order valence-corrected chi connectivity index (χ1v) is 9.58. The smallest absolute Gasteiger partial charge is 0.224 e. The Labute approximate surface area is 163 Å². The molecule has 28 heavy (non-hydrogen) atoms. The van der Waals surface area contributed by atoms with E-state index in [0.29, 0.717) is 11.1 Å². The summed E-state index contributed by atoms with van der Waals surface area (Å²) in [4.78, 5) is 24.7. The third kappa shape index (κ3) is 5.38. The van der Waals surface area contributed by atoms with E-state index in [4.69, 9.17) is 0 Å². The zero-order chi connectivity index (χ0) is 19.9. The molecular weight excluding hydrogens is 362 g/mol. The van der Waals surface area contributed by atoms with E-state index in [-0.39, 0.29) is 36.7 Å². The highest BCUT2D eigenvalue weighted by Gasteiger charge is 2.28. The van der Waals surface area contributed by atoms with E-state index < -0.39 is 11.6 Å². The maximum absolute atomic E-state index is 13.7. The number of benzene rings is 2. The molecule has 1 saturated carbocycles. The van der Waals surface area contributed by atoms with Gasteiger partial charge in [0, 0.05) is 12.1 Å². The predicted molar refractivity (Wildman–Crippen MR) is 103 cm³/mol. The van der Waals surface area contributed by atoms with Crippen molar-refractivity contribution in [3.05, 3.63) is 71.3 Å². The number of carbonyl (C=O) groups excluding carboxylic acids is 2. The maximum Gasteiger partial charge on any atom is 0.224 e. The average Bonchev–Trinajstić information content (AvgIpc) is 2.67. The summed E-state index contributed by atoms with van der Waals surface area (Å²) in [5.41, 5.74) is 0.687. The maximum atomic E-state index is 13.7. The Kier molecular flexibility index (Phi) is 6.74. The molecule has 148 valence electrons. The van der Waals surface area contributed by atoms with Crippen LogP contribution >= 0.6 is 0 Å². The Morgan fingerprint density at radius 2 is 1.14 bits per heavy atom. The molecule has 2 N–H and O–H groups in total. The molecule has 0 aromatic heterocycles. The molecule has 4 nitrogen and oxygen atoms in total. The molecule has 1 aliphatic carbocycles. The summed E-state index contributed by atoms with van der Waals surface area (Å²) < 4.78 is 27.5. The number of hydrogen-bond donors (Lipinski definition) is 2. The fraction of sp³-hybridized carbons (Fsp3) is 0.364. The molecule has 0 radical (unpaired) electrons. The van der Waals surface area contributed by atoms with Gasteiger partial charge >= 0.3 is 0 Å². The molecule has 6 heteroatoms. The van der Waals surface area contributed by atoms with Crippen molar-refractivity contribution < 1.29 is 18.4 Å². The van der Waals surface area contributed by atoms with Gasteiger partial charge in [0.05, 0.1) is 12.8 Å². The minimum Gasteiger partial charge on any atom is -0.351 e.